The van der Waals surface area contributed by atoms with Crippen LogP contribution < -0.4 is 15.8 Å². The van der Waals surface area contributed by atoms with Crippen LogP contribution in [-0.2, 0) is 11.2 Å². The monoisotopic (exact) mass is 319 g/mol. The first-order chi connectivity index (χ1) is 10.3. The lowest BCUT2D eigenvalue weighted by atomic mass is 10.1. The first-order valence-corrected chi connectivity index (χ1v) is 6.70. The van der Waals surface area contributed by atoms with Crippen LogP contribution in [0.1, 0.15) is 12.5 Å². The molecule has 1 rings (SSSR count). The number of alkyl halides is 3. The number of rotatable bonds is 7. The van der Waals surface area contributed by atoms with Crippen LogP contribution in [0, 0.1) is 0 Å². The Morgan fingerprint density at radius 2 is 1.95 bits per heavy atom. The Labute approximate surface area is 127 Å². The molecule has 0 aliphatic heterocycles. The summed E-state index contributed by atoms with van der Waals surface area (Å²) in [6.45, 7) is 2.85. The van der Waals surface area contributed by atoms with Crippen molar-refractivity contribution in [1.29, 1.82) is 0 Å². The molecule has 0 aliphatic rings. The lowest BCUT2D eigenvalue weighted by Crippen LogP contribution is -2.40. The van der Waals surface area contributed by atoms with Crippen molar-refractivity contribution in [2.75, 3.05) is 20.3 Å². The minimum absolute atomic E-state index is 0.0487. The van der Waals surface area contributed by atoms with Crippen molar-refractivity contribution in [3.05, 3.63) is 29.8 Å². The Kier molecular flexibility index (Phi) is 6.97. The molecule has 0 amide bonds. The number of hydrogen-bond donors (Lipinski definition) is 2. The van der Waals surface area contributed by atoms with Crippen LogP contribution in [0.2, 0.25) is 0 Å². The minimum Gasteiger partial charge on any atom is -0.406 e. The second-order valence-electron chi connectivity index (χ2n) is 4.71. The smallest absolute Gasteiger partial charge is 0.406 e. The summed E-state index contributed by atoms with van der Waals surface area (Å²) in [7, 11) is 1.59. The number of benzene rings is 1. The van der Waals surface area contributed by atoms with Crippen LogP contribution in [-0.4, -0.2) is 38.6 Å². The average molecular weight is 319 g/mol. The standard InChI is InChI=1S/C14H20F3N3O2/c1-10(9-21-2)20-13(18)19-8-7-11-3-5-12(6-4-11)22-14(15,16)17/h3-6,10H,7-9H2,1-2H3,(H3,18,19,20). The maximum absolute atomic E-state index is 12.0. The predicted molar refractivity (Wildman–Crippen MR) is 77.8 cm³/mol. The molecule has 0 saturated heterocycles. The maximum atomic E-state index is 12.0. The van der Waals surface area contributed by atoms with Gasteiger partial charge in [0.15, 0.2) is 5.96 Å². The van der Waals surface area contributed by atoms with Gasteiger partial charge in [-0.2, -0.15) is 0 Å². The SMILES string of the molecule is COCC(C)NC(N)=NCCc1ccc(OC(F)(F)F)cc1. The summed E-state index contributed by atoms with van der Waals surface area (Å²) < 4.78 is 44.8. The van der Waals surface area contributed by atoms with E-state index in [9.17, 15) is 13.2 Å². The van der Waals surface area contributed by atoms with E-state index in [0.717, 1.165) is 5.56 Å². The fourth-order valence-corrected chi connectivity index (χ4v) is 1.75. The Hall–Kier alpha value is -1.96. The first kappa shape index (κ1) is 18.1. The second-order valence-corrected chi connectivity index (χ2v) is 4.71. The lowest BCUT2D eigenvalue weighted by Gasteiger charge is -2.13. The van der Waals surface area contributed by atoms with E-state index in [4.69, 9.17) is 10.5 Å². The quantitative estimate of drug-likeness (QED) is 0.596. The second kappa shape index (κ2) is 8.47. The van der Waals surface area contributed by atoms with Gasteiger partial charge in [0.25, 0.3) is 0 Å². The van der Waals surface area contributed by atoms with Crippen molar-refractivity contribution in [3.8, 4) is 5.75 Å². The van der Waals surface area contributed by atoms with Crippen molar-refractivity contribution in [1.82, 2.24) is 5.32 Å². The summed E-state index contributed by atoms with van der Waals surface area (Å²) in [6, 6.07) is 5.72. The van der Waals surface area contributed by atoms with E-state index in [2.05, 4.69) is 15.0 Å². The molecule has 5 nitrogen and oxygen atoms in total. The lowest BCUT2D eigenvalue weighted by molar-refractivity contribution is -0.274. The minimum atomic E-state index is -4.68. The fraction of sp³-hybridized carbons (Fsp3) is 0.500. The van der Waals surface area contributed by atoms with E-state index in [1.165, 1.54) is 12.1 Å². The molecular formula is C14H20F3N3O2. The van der Waals surface area contributed by atoms with Crippen LogP contribution in [0.15, 0.2) is 29.3 Å². The van der Waals surface area contributed by atoms with Crippen LogP contribution in [0.25, 0.3) is 0 Å². The summed E-state index contributed by atoms with van der Waals surface area (Å²) in [4.78, 5) is 4.14. The highest BCUT2D eigenvalue weighted by atomic mass is 19.4. The first-order valence-electron chi connectivity index (χ1n) is 6.70. The number of hydrogen-bond acceptors (Lipinski definition) is 3. The van der Waals surface area contributed by atoms with Gasteiger partial charge in [-0.25, -0.2) is 0 Å². The molecular weight excluding hydrogens is 299 g/mol. The van der Waals surface area contributed by atoms with E-state index in [1.54, 1.807) is 19.2 Å². The Morgan fingerprint density at radius 1 is 1.32 bits per heavy atom. The molecule has 0 saturated carbocycles. The molecule has 3 N–H and O–H groups in total. The summed E-state index contributed by atoms with van der Waals surface area (Å²) in [5.41, 5.74) is 6.54. The van der Waals surface area contributed by atoms with Gasteiger partial charge in [-0.15, -0.1) is 13.2 Å². The Morgan fingerprint density at radius 3 is 2.50 bits per heavy atom. The third-order valence-electron chi connectivity index (χ3n) is 2.65. The molecule has 0 heterocycles. The molecule has 1 aromatic carbocycles. The zero-order valence-corrected chi connectivity index (χ0v) is 12.5. The van der Waals surface area contributed by atoms with Gasteiger partial charge in [-0.05, 0) is 31.0 Å². The number of nitrogens with two attached hydrogens (primary N) is 1. The zero-order chi connectivity index (χ0) is 16.6. The largest absolute Gasteiger partial charge is 0.573 e. The van der Waals surface area contributed by atoms with Crippen LogP contribution in [0.5, 0.6) is 5.75 Å². The fourth-order valence-electron chi connectivity index (χ4n) is 1.75. The van der Waals surface area contributed by atoms with Crippen molar-refractivity contribution < 1.29 is 22.6 Å². The van der Waals surface area contributed by atoms with E-state index in [1.807, 2.05) is 6.92 Å². The van der Waals surface area contributed by atoms with Crippen molar-refractivity contribution >= 4 is 5.96 Å². The maximum Gasteiger partial charge on any atom is 0.573 e. The van der Waals surface area contributed by atoms with Gasteiger partial charge in [-0.1, -0.05) is 12.1 Å². The third-order valence-corrected chi connectivity index (χ3v) is 2.65. The van der Waals surface area contributed by atoms with Crippen LogP contribution >= 0.6 is 0 Å². The summed E-state index contributed by atoms with van der Waals surface area (Å²) in [5.74, 6) is 0.0656. The molecule has 1 unspecified atom stereocenters. The molecule has 0 bridgehead atoms. The number of nitrogens with one attached hydrogen (secondary N) is 1. The highest BCUT2D eigenvalue weighted by Crippen LogP contribution is 2.22. The molecule has 0 radical (unpaired) electrons. The molecule has 0 aromatic heterocycles. The number of ether oxygens (including phenoxy) is 2. The Balaban J connectivity index is 2.41. The van der Waals surface area contributed by atoms with Crippen molar-refractivity contribution in [2.24, 2.45) is 10.7 Å². The van der Waals surface area contributed by atoms with Crippen molar-refractivity contribution in [3.63, 3.8) is 0 Å². The van der Waals surface area contributed by atoms with Gasteiger partial charge in [-0.3, -0.25) is 4.99 Å². The molecule has 22 heavy (non-hydrogen) atoms. The van der Waals surface area contributed by atoms with Crippen LogP contribution in [0.3, 0.4) is 0 Å². The van der Waals surface area contributed by atoms with Gasteiger partial charge in [0.05, 0.1) is 6.61 Å². The van der Waals surface area contributed by atoms with Gasteiger partial charge in [0, 0.05) is 19.7 Å². The molecule has 8 heteroatoms. The van der Waals surface area contributed by atoms with E-state index in [0.29, 0.717) is 25.5 Å². The molecule has 0 spiro atoms. The highest BCUT2D eigenvalue weighted by Gasteiger charge is 2.30. The molecule has 0 fully saturated rings. The molecule has 1 atom stereocenters. The Bertz CT molecular complexity index is 475. The zero-order valence-electron chi connectivity index (χ0n) is 12.5. The van der Waals surface area contributed by atoms with E-state index < -0.39 is 6.36 Å². The number of aliphatic imine (C=N–C) groups is 1. The third kappa shape index (κ3) is 7.72. The summed E-state index contributed by atoms with van der Waals surface area (Å²) in [6.07, 6.45) is -4.11. The highest BCUT2D eigenvalue weighted by molar-refractivity contribution is 5.78. The predicted octanol–water partition coefficient (Wildman–Crippen LogP) is 2.07. The normalized spacial score (nSPS) is 13.8. The molecule has 124 valence electrons. The molecule has 0 aliphatic carbocycles. The van der Waals surface area contributed by atoms with Gasteiger partial charge in [0.1, 0.15) is 5.75 Å². The van der Waals surface area contributed by atoms with Gasteiger partial charge >= 0.3 is 6.36 Å². The van der Waals surface area contributed by atoms with E-state index in [-0.39, 0.29) is 11.8 Å². The van der Waals surface area contributed by atoms with Crippen LogP contribution in [0.4, 0.5) is 13.2 Å². The number of methoxy groups -OCH3 is 1. The average Bonchev–Trinajstić information content (AvgIpc) is 2.39. The van der Waals surface area contributed by atoms with Crippen molar-refractivity contribution in [2.45, 2.75) is 25.7 Å². The van der Waals surface area contributed by atoms with E-state index >= 15 is 0 Å². The van der Waals surface area contributed by atoms with Gasteiger partial charge < -0.3 is 20.5 Å². The number of guanidine groups is 1. The number of nitrogens with zero attached hydrogens (tertiary/aromatic N) is 1. The number of halogens is 3. The molecule has 1 aromatic rings. The summed E-state index contributed by atoms with van der Waals surface area (Å²) in [5, 5.41) is 2.96. The summed E-state index contributed by atoms with van der Waals surface area (Å²) >= 11 is 0. The van der Waals surface area contributed by atoms with Gasteiger partial charge in [0.2, 0.25) is 0 Å². The topological polar surface area (TPSA) is 68.9 Å².